The number of benzene rings is 3. The van der Waals surface area contributed by atoms with E-state index in [-0.39, 0.29) is 5.76 Å². The van der Waals surface area contributed by atoms with Gasteiger partial charge in [-0.2, -0.15) is 0 Å². The van der Waals surface area contributed by atoms with Crippen LogP contribution in [0.25, 0.3) is 16.5 Å². The Morgan fingerprint density at radius 2 is 1.71 bits per heavy atom. The Labute approximate surface area is 202 Å². The first-order valence-corrected chi connectivity index (χ1v) is 11.4. The van der Waals surface area contributed by atoms with Gasteiger partial charge < -0.3 is 14.7 Å². The summed E-state index contributed by atoms with van der Waals surface area (Å²) in [4.78, 5) is 19.7. The molecule has 1 aliphatic heterocycles. The number of nitrogens with zero attached hydrogens (tertiary/aromatic N) is 2. The van der Waals surface area contributed by atoms with Gasteiger partial charge in [0.2, 0.25) is 0 Å². The molecule has 6 heteroatoms. The molecular formula is C28H23ClN2O3. The summed E-state index contributed by atoms with van der Waals surface area (Å²) in [6, 6.07) is 26.3. The van der Waals surface area contributed by atoms with E-state index in [1.165, 1.54) is 0 Å². The average molecular weight is 471 g/mol. The third kappa shape index (κ3) is 4.11. The number of carbonyl (C=O) groups is 1. The first-order chi connectivity index (χ1) is 16.5. The number of rotatable bonds is 6. The smallest absolute Gasteiger partial charge is 0.289 e. The Bertz CT molecular complexity index is 1380. The van der Waals surface area contributed by atoms with Crippen molar-refractivity contribution < 1.29 is 14.6 Å². The fourth-order valence-corrected chi connectivity index (χ4v) is 4.52. The highest BCUT2D eigenvalue weighted by Crippen LogP contribution is 2.43. The van der Waals surface area contributed by atoms with Gasteiger partial charge in [-0.05, 0) is 53.9 Å². The summed E-state index contributed by atoms with van der Waals surface area (Å²) in [6.07, 6.45) is 0.630. The van der Waals surface area contributed by atoms with Crippen molar-refractivity contribution >= 4 is 34.0 Å². The van der Waals surface area contributed by atoms with E-state index >= 15 is 0 Å². The molecule has 170 valence electrons. The molecule has 0 saturated carbocycles. The van der Waals surface area contributed by atoms with Gasteiger partial charge in [0.15, 0.2) is 5.76 Å². The maximum absolute atomic E-state index is 13.3. The SMILES string of the molecule is COc1ccc(CCN2C(=O)C(O)=C(c3ccc4ccccc4n3)[C@H]2c2ccc(Cl)cc2)cc1. The van der Waals surface area contributed by atoms with Crippen LogP contribution in [0.4, 0.5) is 0 Å². The molecule has 0 aliphatic carbocycles. The monoisotopic (exact) mass is 470 g/mol. The molecule has 1 aliphatic rings. The van der Waals surface area contributed by atoms with Crippen molar-refractivity contribution in [2.75, 3.05) is 13.7 Å². The van der Waals surface area contributed by atoms with Crippen molar-refractivity contribution in [1.29, 1.82) is 0 Å². The summed E-state index contributed by atoms with van der Waals surface area (Å²) < 4.78 is 5.23. The molecule has 3 aromatic carbocycles. The van der Waals surface area contributed by atoms with Gasteiger partial charge in [-0.1, -0.05) is 60.1 Å². The highest BCUT2D eigenvalue weighted by Gasteiger charge is 2.41. The topological polar surface area (TPSA) is 62.7 Å². The van der Waals surface area contributed by atoms with E-state index < -0.39 is 11.9 Å². The summed E-state index contributed by atoms with van der Waals surface area (Å²) >= 11 is 6.13. The predicted octanol–water partition coefficient (Wildman–Crippen LogP) is 5.99. The van der Waals surface area contributed by atoms with E-state index in [9.17, 15) is 9.90 Å². The second-order valence-electron chi connectivity index (χ2n) is 8.20. The van der Waals surface area contributed by atoms with Crippen LogP contribution < -0.4 is 4.74 Å². The van der Waals surface area contributed by atoms with E-state index in [1.807, 2.05) is 72.8 Å². The van der Waals surface area contributed by atoms with Crippen molar-refractivity contribution in [2.24, 2.45) is 0 Å². The van der Waals surface area contributed by atoms with E-state index in [0.29, 0.717) is 29.3 Å². The van der Waals surface area contributed by atoms with Gasteiger partial charge in [-0.15, -0.1) is 0 Å². The molecule has 0 bridgehead atoms. The average Bonchev–Trinajstić information content (AvgIpc) is 3.13. The van der Waals surface area contributed by atoms with Crippen molar-refractivity contribution in [3.8, 4) is 5.75 Å². The Hall–Kier alpha value is -3.83. The van der Waals surface area contributed by atoms with Crippen molar-refractivity contribution in [3.05, 3.63) is 113 Å². The number of halogens is 1. The molecule has 0 fully saturated rings. The minimum atomic E-state index is -0.475. The van der Waals surface area contributed by atoms with Gasteiger partial charge in [0, 0.05) is 17.0 Å². The maximum Gasteiger partial charge on any atom is 0.289 e. The minimum Gasteiger partial charge on any atom is -0.503 e. The fraction of sp³-hybridized carbons (Fsp3) is 0.143. The zero-order valence-electron chi connectivity index (χ0n) is 18.6. The molecule has 0 saturated heterocycles. The van der Waals surface area contributed by atoms with Crippen molar-refractivity contribution in [1.82, 2.24) is 9.88 Å². The largest absolute Gasteiger partial charge is 0.503 e. The van der Waals surface area contributed by atoms with Crippen LogP contribution in [0.5, 0.6) is 5.75 Å². The number of hydrogen-bond donors (Lipinski definition) is 1. The van der Waals surface area contributed by atoms with E-state index in [0.717, 1.165) is 27.8 Å². The second-order valence-corrected chi connectivity index (χ2v) is 8.64. The van der Waals surface area contributed by atoms with Gasteiger partial charge in [-0.25, -0.2) is 4.98 Å². The van der Waals surface area contributed by atoms with E-state index in [2.05, 4.69) is 0 Å². The normalized spacial score (nSPS) is 15.9. The van der Waals surface area contributed by atoms with Crippen LogP contribution in [0.2, 0.25) is 5.02 Å². The summed E-state index contributed by atoms with van der Waals surface area (Å²) in [5.41, 5.74) is 3.82. The molecule has 34 heavy (non-hydrogen) atoms. The van der Waals surface area contributed by atoms with Gasteiger partial charge in [0.25, 0.3) is 5.91 Å². The van der Waals surface area contributed by atoms with Crippen LogP contribution in [0, 0.1) is 0 Å². The minimum absolute atomic E-state index is 0.266. The summed E-state index contributed by atoms with van der Waals surface area (Å²) in [5.74, 6) is 0.111. The molecule has 4 aromatic rings. The number of aliphatic hydroxyl groups excluding tert-OH is 1. The molecule has 1 N–H and O–H groups in total. The standard InChI is InChI=1S/C28H23ClN2O3/c1-34-22-13-6-18(7-14-22)16-17-31-26(20-8-11-21(29)12-9-20)25(27(32)28(31)33)24-15-10-19-4-2-3-5-23(19)30-24/h2-15,26,32H,16-17H2,1H3/t26-/m1/s1. The van der Waals surface area contributed by atoms with E-state index in [1.54, 1.807) is 24.1 Å². The molecular weight excluding hydrogens is 448 g/mol. The van der Waals surface area contributed by atoms with Gasteiger partial charge in [0.05, 0.1) is 29.9 Å². The number of pyridine rings is 1. The molecule has 1 atom stereocenters. The fourth-order valence-electron chi connectivity index (χ4n) is 4.40. The Balaban J connectivity index is 1.53. The third-order valence-electron chi connectivity index (χ3n) is 6.16. The Morgan fingerprint density at radius 3 is 2.44 bits per heavy atom. The molecule has 1 amide bonds. The highest BCUT2D eigenvalue weighted by molar-refractivity contribution is 6.30. The number of hydrogen-bond acceptors (Lipinski definition) is 4. The van der Waals surface area contributed by atoms with Gasteiger partial charge in [0.1, 0.15) is 5.75 Å². The molecule has 0 unspecified atom stereocenters. The Morgan fingerprint density at radius 1 is 0.971 bits per heavy atom. The van der Waals surface area contributed by atoms with Crippen LogP contribution >= 0.6 is 11.6 Å². The second kappa shape index (κ2) is 9.20. The molecule has 2 heterocycles. The maximum atomic E-state index is 13.3. The lowest BCUT2D eigenvalue weighted by molar-refractivity contribution is -0.129. The highest BCUT2D eigenvalue weighted by atomic mass is 35.5. The van der Waals surface area contributed by atoms with Crippen LogP contribution in [0.1, 0.15) is 22.9 Å². The molecule has 0 radical (unpaired) electrons. The molecule has 5 nitrogen and oxygen atoms in total. The first kappa shape index (κ1) is 22.0. The number of para-hydroxylation sites is 1. The van der Waals surface area contributed by atoms with Crippen LogP contribution in [-0.2, 0) is 11.2 Å². The quantitative estimate of drug-likeness (QED) is 0.376. The number of fused-ring (bicyclic) bond motifs is 1. The zero-order chi connectivity index (χ0) is 23.7. The third-order valence-corrected chi connectivity index (χ3v) is 6.42. The van der Waals surface area contributed by atoms with Crippen LogP contribution in [0.3, 0.4) is 0 Å². The van der Waals surface area contributed by atoms with Crippen LogP contribution in [0.15, 0.2) is 90.7 Å². The molecule has 0 spiro atoms. The number of aliphatic hydroxyl groups is 1. The van der Waals surface area contributed by atoms with Gasteiger partial charge >= 0.3 is 0 Å². The first-order valence-electron chi connectivity index (χ1n) is 11.0. The molecule has 5 rings (SSSR count). The zero-order valence-corrected chi connectivity index (χ0v) is 19.4. The lowest BCUT2D eigenvalue weighted by atomic mass is 9.96. The van der Waals surface area contributed by atoms with Crippen molar-refractivity contribution in [3.63, 3.8) is 0 Å². The number of aromatic nitrogens is 1. The number of methoxy groups -OCH3 is 1. The number of amides is 1. The van der Waals surface area contributed by atoms with Crippen LogP contribution in [-0.4, -0.2) is 34.6 Å². The summed E-state index contributed by atoms with van der Waals surface area (Å²) in [6.45, 7) is 0.430. The number of ether oxygens (including phenoxy) is 1. The number of carbonyl (C=O) groups excluding carboxylic acids is 1. The summed E-state index contributed by atoms with van der Waals surface area (Å²) in [5, 5.41) is 12.6. The predicted molar refractivity (Wildman–Crippen MR) is 134 cm³/mol. The lowest BCUT2D eigenvalue weighted by Crippen LogP contribution is -2.32. The van der Waals surface area contributed by atoms with E-state index in [4.69, 9.17) is 21.3 Å². The van der Waals surface area contributed by atoms with Gasteiger partial charge in [-0.3, -0.25) is 4.79 Å². The Kier molecular flexibility index (Phi) is 5.95. The summed E-state index contributed by atoms with van der Waals surface area (Å²) in [7, 11) is 1.63. The van der Waals surface area contributed by atoms with Crippen molar-refractivity contribution in [2.45, 2.75) is 12.5 Å². The lowest BCUT2D eigenvalue weighted by Gasteiger charge is -2.27. The molecule has 1 aromatic heterocycles.